The highest BCUT2D eigenvalue weighted by atomic mass is 16.5. The van der Waals surface area contributed by atoms with E-state index in [-0.39, 0.29) is 7.43 Å². The molecule has 0 N–H and O–H groups in total. The average molecular weight is 785 g/mol. The molecule has 0 saturated heterocycles. The zero-order chi connectivity index (χ0) is 41.8. The molecule has 0 heterocycles. The largest absolute Gasteiger partial charge is 0.493 e. The van der Waals surface area contributed by atoms with E-state index < -0.39 is 0 Å². The van der Waals surface area contributed by atoms with Crippen LogP contribution in [0.1, 0.15) is 171 Å². The van der Waals surface area contributed by atoms with Gasteiger partial charge < -0.3 is 14.2 Å². The molecule has 3 heteroatoms. The Morgan fingerprint density at radius 1 is 0.333 bits per heavy atom. The molecule has 0 spiro atoms. The summed E-state index contributed by atoms with van der Waals surface area (Å²) >= 11 is 0. The number of unbranched alkanes of at least 4 members (excludes halogenated alkanes) is 11. The van der Waals surface area contributed by atoms with E-state index >= 15 is 0 Å². The van der Waals surface area contributed by atoms with Crippen LogP contribution in [-0.2, 0) is 0 Å². The Morgan fingerprint density at radius 3 is 1.18 bits per heavy atom. The van der Waals surface area contributed by atoms with Crippen molar-refractivity contribution in [2.24, 2.45) is 0 Å². The highest BCUT2D eigenvalue weighted by molar-refractivity contribution is 5.42. The zero-order valence-electron chi connectivity index (χ0n) is 38.3. The number of ether oxygens (including phenoxy) is 3. The zero-order valence-corrected chi connectivity index (χ0v) is 38.3. The standard InChI is InChI=1S/C18H30O.C17H28O2.C9H12.C7H8.C2H6.CH4/c1-4-5-6-7-8-9-10-11-14-19-18-13-12-16(2)15-17(18)3;1-4-6-8-12-18-16-11-10-15(3)14-17(16)19-13-9-7-5-2;1-7-4-5-8(2)9(3)6-7;1-7-5-3-2-4-6-7;1-2;/h12-13,15H,4-11,14H2,1-3H3;10-11,14H,4-9,12-13H2,1-3H3;4-6H,1-3H3;2-6H,1H3;1-2H3;1H4. The number of rotatable bonds is 20. The second-order valence-corrected chi connectivity index (χ2v) is 14.9. The Kier molecular flexibility index (Phi) is 36.8. The van der Waals surface area contributed by atoms with Gasteiger partial charge in [0, 0.05) is 0 Å². The van der Waals surface area contributed by atoms with Crippen molar-refractivity contribution in [1.82, 2.24) is 0 Å². The molecule has 322 valence electrons. The molecule has 0 saturated carbocycles. The first-order chi connectivity index (χ1) is 27.1. The van der Waals surface area contributed by atoms with E-state index in [0.717, 1.165) is 49.9 Å². The summed E-state index contributed by atoms with van der Waals surface area (Å²) in [5, 5.41) is 0. The van der Waals surface area contributed by atoms with Crippen LogP contribution in [-0.4, -0.2) is 19.8 Å². The maximum Gasteiger partial charge on any atom is 0.161 e. The number of benzene rings is 4. The van der Waals surface area contributed by atoms with Gasteiger partial charge in [0.25, 0.3) is 0 Å². The summed E-state index contributed by atoms with van der Waals surface area (Å²) in [7, 11) is 0. The first-order valence-electron chi connectivity index (χ1n) is 22.2. The minimum absolute atomic E-state index is 0. The normalized spacial score (nSPS) is 9.75. The van der Waals surface area contributed by atoms with Crippen LogP contribution < -0.4 is 14.2 Å². The van der Waals surface area contributed by atoms with Crippen molar-refractivity contribution >= 4 is 0 Å². The number of aryl methyl sites for hydroxylation is 7. The second kappa shape index (κ2) is 37.8. The van der Waals surface area contributed by atoms with Gasteiger partial charge in [-0.1, -0.05) is 196 Å². The van der Waals surface area contributed by atoms with Gasteiger partial charge in [-0.3, -0.25) is 0 Å². The van der Waals surface area contributed by atoms with E-state index in [9.17, 15) is 0 Å². The molecule has 4 aromatic carbocycles. The predicted molar refractivity (Wildman–Crippen MR) is 255 cm³/mol. The van der Waals surface area contributed by atoms with Gasteiger partial charge in [-0.15, -0.1) is 0 Å². The molecule has 0 bridgehead atoms. The van der Waals surface area contributed by atoms with Gasteiger partial charge in [0.2, 0.25) is 0 Å². The summed E-state index contributed by atoms with van der Waals surface area (Å²) < 4.78 is 17.5. The lowest BCUT2D eigenvalue weighted by molar-refractivity contribution is 0.259. The molecule has 0 aliphatic carbocycles. The Morgan fingerprint density at radius 2 is 0.719 bits per heavy atom. The van der Waals surface area contributed by atoms with Crippen LogP contribution in [0.5, 0.6) is 17.2 Å². The third kappa shape index (κ3) is 30.1. The van der Waals surface area contributed by atoms with Crippen LogP contribution in [0.25, 0.3) is 0 Å². The average Bonchev–Trinajstić information content (AvgIpc) is 3.19. The Balaban J connectivity index is 0. The lowest BCUT2D eigenvalue weighted by atomic mass is 10.1. The molecular formula is C54H88O3. The number of hydrogen-bond donors (Lipinski definition) is 0. The van der Waals surface area contributed by atoms with Crippen molar-refractivity contribution in [3.05, 3.63) is 124 Å². The maximum absolute atomic E-state index is 5.85. The minimum atomic E-state index is 0. The summed E-state index contributed by atoms with van der Waals surface area (Å²) in [6, 6.07) is 29.3. The highest BCUT2D eigenvalue weighted by Crippen LogP contribution is 2.29. The lowest BCUT2D eigenvalue weighted by Gasteiger charge is -2.13. The van der Waals surface area contributed by atoms with Crippen molar-refractivity contribution in [2.45, 2.75) is 180 Å². The quantitative estimate of drug-likeness (QED) is 0.0836. The molecule has 4 rings (SSSR count). The fraction of sp³-hybridized carbons (Fsp3) is 0.556. The van der Waals surface area contributed by atoms with Crippen LogP contribution in [0.4, 0.5) is 0 Å². The van der Waals surface area contributed by atoms with Crippen LogP contribution in [0.3, 0.4) is 0 Å². The summed E-state index contributed by atoms with van der Waals surface area (Å²) in [5.74, 6) is 2.83. The second-order valence-electron chi connectivity index (χ2n) is 14.9. The van der Waals surface area contributed by atoms with E-state index in [2.05, 4.69) is 130 Å². The predicted octanol–water partition coefficient (Wildman–Crippen LogP) is 17.2. The summed E-state index contributed by atoms with van der Waals surface area (Å²) in [4.78, 5) is 0. The Hall–Kier alpha value is -3.72. The van der Waals surface area contributed by atoms with E-state index in [1.165, 1.54) is 116 Å². The fourth-order valence-electron chi connectivity index (χ4n) is 5.72. The van der Waals surface area contributed by atoms with Crippen LogP contribution in [0, 0.1) is 48.5 Å². The monoisotopic (exact) mass is 785 g/mol. The van der Waals surface area contributed by atoms with Crippen molar-refractivity contribution in [2.75, 3.05) is 19.8 Å². The molecule has 57 heavy (non-hydrogen) atoms. The molecule has 0 fully saturated rings. The van der Waals surface area contributed by atoms with Gasteiger partial charge in [0.05, 0.1) is 19.8 Å². The lowest BCUT2D eigenvalue weighted by Crippen LogP contribution is -2.02. The number of hydrogen-bond acceptors (Lipinski definition) is 3. The van der Waals surface area contributed by atoms with Crippen molar-refractivity contribution in [3.63, 3.8) is 0 Å². The van der Waals surface area contributed by atoms with Crippen LogP contribution in [0.15, 0.2) is 84.9 Å². The third-order valence-corrected chi connectivity index (χ3v) is 9.30. The fourth-order valence-corrected chi connectivity index (χ4v) is 5.72. The molecule has 0 radical (unpaired) electrons. The van der Waals surface area contributed by atoms with E-state index in [1.54, 1.807) is 0 Å². The molecule has 0 aliphatic rings. The molecule has 0 aliphatic heterocycles. The van der Waals surface area contributed by atoms with Gasteiger partial charge in [-0.2, -0.15) is 0 Å². The van der Waals surface area contributed by atoms with Gasteiger partial charge in [0.1, 0.15) is 5.75 Å². The first kappa shape index (κ1) is 55.4. The van der Waals surface area contributed by atoms with Crippen molar-refractivity contribution in [3.8, 4) is 17.2 Å². The Bertz CT molecular complexity index is 1480. The minimum Gasteiger partial charge on any atom is -0.493 e. The summed E-state index contributed by atoms with van der Waals surface area (Å²) in [5.41, 5.74) is 9.19. The van der Waals surface area contributed by atoms with Gasteiger partial charge >= 0.3 is 0 Å². The maximum atomic E-state index is 5.85. The summed E-state index contributed by atoms with van der Waals surface area (Å²) in [6.07, 6.45) is 17.9. The third-order valence-electron chi connectivity index (χ3n) is 9.30. The van der Waals surface area contributed by atoms with Crippen molar-refractivity contribution < 1.29 is 14.2 Å². The smallest absolute Gasteiger partial charge is 0.161 e. The molecule has 3 nitrogen and oxygen atoms in total. The van der Waals surface area contributed by atoms with Crippen LogP contribution >= 0.6 is 0 Å². The van der Waals surface area contributed by atoms with E-state index in [1.807, 2.05) is 38.1 Å². The van der Waals surface area contributed by atoms with Gasteiger partial charge in [-0.05, 0) is 108 Å². The molecular weight excluding hydrogens is 697 g/mol. The molecule has 4 aromatic rings. The molecule has 0 unspecified atom stereocenters. The Labute approximate surface area is 354 Å². The van der Waals surface area contributed by atoms with E-state index in [4.69, 9.17) is 14.2 Å². The molecule has 0 aromatic heterocycles. The SMILES string of the molecule is C.CC.CCCCCCCCCCOc1ccc(C)cc1C.CCCCCOc1ccc(C)cc1OCCCCC.Cc1ccc(C)c(C)c1.Cc1ccccc1. The van der Waals surface area contributed by atoms with Crippen molar-refractivity contribution in [1.29, 1.82) is 0 Å². The molecule has 0 amide bonds. The topological polar surface area (TPSA) is 27.7 Å². The first-order valence-corrected chi connectivity index (χ1v) is 22.2. The van der Waals surface area contributed by atoms with Gasteiger partial charge in [-0.25, -0.2) is 0 Å². The van der Waals surface area contributed by atoms with E-state index in [0.29, 0.717) is 0 Å². The van der Waals surface area contributed by atoms with Gasteiger partial charge in [0.15, 0.2) is 11.5 Å². The molecule has 0 atom stereocenters. The van der Waals surface area contributed by atoms with Crippen LogP contribution in [0.2, 0.25) is 0 Å². The summed E-state index contributed by atoms with van der Waals surface area (Å²) in [6.45, 7) is 27.9. The highest BCUT2D eigenvalue weighted by Gasteiger charge is 2.06.